The Morgan fingerprint density at radius 1 is 0.578 bits per heavy atom. The predicted octanol–water partition coefficient (Wildman–Crippen LogP) is 10.4. The molecule has 0 saturated carbocycles. The zero-order chi connectivity index (χ0) is 62.1. The van der Waals surface area contributed by atoms with Gasteiger partial charge >= 0.3 is 17.1 Å². The molecular formula is C62H71N21O4Si3-. The Labute approximate surface area is 518 Å². The molecule has 461 valence electrons. The van der Waals surface area contributed by atoms with Crippen molar-refractivity contribution in [2.24, 2.45) is 14.1 Å². The minimum atomic E-state index is -2.33. The van der Waals surface area contributed by atoms with E-state index >= 15 is 4.79 Å². The van der Waals surface area contributed by atoms with E-state index in [0.717, 1.165) is 152 Å². The number of rotatable bonds is 13. The highest BCUT2D eigenvalue weighted by molar-refractivity contribution is 6.79. The van der Waals surface area contributed by atoms with Crippen LogP contribution in [0, 0.1) is 20.8 Å². The highest BCUT2D eigenvalue weighted by Gasteiger charge is 2.39. The van der Waals surface area contributed by atoms with E-state index in [1.165, 1.54) is 6.33 Å². The van der Waals surface area contributed by atoms with E-state index in [1.54, 1.807) is 49.2 Å². The number of imidazole rings is 2. The van der Waals surface area contributed by atoms with Crippen molar-refractivity contribution in [2.75, 3.05) is 16.0 Å². The summed E-state index contributed by atoms with van der Waals surface area (Å²) in [7, 11) is -2.17. The topological polar surface area (TPSA) is 284 Å². The van der Waals surface area contributed by atoms with Crippen molar-refractivity contribution in [3.8, 4) is 0 Å². The fourth-order valence-electron chi connectivity index (χ4n) is 14.7. The van der Waals surface area contributed by atoms with Gasteiger partial charge in [0.05, 0.1) is 53.9 Å². The zero-order valence-corrected chi connectivity index (χ0v) is 55.0. The minimum absolute atomic E-state index is 0.0447. The fourth-order valence-corrected chi connectivity index (χ4v) is 25.1. The van der Waals surface area contributed by atoms with Gasteiger partial charge in [0.1, 0.15) is 17.4 Å². The molecular weight excluding hydrogens is 1190 g/mol. The molecule has 25 nitrogen and oxygen atoms in total. The van der Waals surface area contributed by atoms with Crippen molar-refractivity contribution < 1.29 is 4.42 Å². The molecule has 10 aromatic heterocycles. The van der Waals surface area contributed by atoms with Gasteiger partial charge in [-0.1, -0.05) is 50.2 Å². The molecule has 28 heteroatoms. The number of hydrogen-bond donors (Lipinski definition) is 3. The maximum Gasteiger partial charge on any atom is 0.421 e. The normalized spacial score (nSPS) is 20.6. The van der Waals surface area contributed by atoms with Crippen LogP contribution in [0.15, 0.2) is 92.6 Å². The lowest BCUT2D eigenvalue weighted by atomic mass is 10.1. The van der Waals surface area contributed by atoms with Crippen LogP contribution in [0.3, 0.4) is 0 Å². The van der Waals surface area contributed by atoms with Gasteiger partial charge in [-0.05, 0) is 99.5 Å². The van der Waals surface area contributed by atoms with E-state index in [2.05, 4.69) is 77.1 Å². The first kappa shape index (κ1) is 57.3. The fraction of sp³-hybridized carbons (Fsp3) is 0.403. The summed E-state index contributed by atoms with van der Waals surface area (Å²) in [6.07, 6.45) is 15.8. The van der Waals surface area contributed by atoms with Crippen LogP contribution in [0.5, 0.6) is 0 Å². The number of pyridine rings is 1. The van der Waals surface area contributed by atoms with Gasteiger partial charge in [-0.2, -0.15) is 32.6 Å². The summed E-state index contributed by atoms with van der Waals surface area (Å²) in [5.74, 6) is 0.705. The summed E-state index contributed by atoms with van der Waals surface area (Å²) >= 11 is 0. The molecule has 12 aromatic rings. The van der Waals surface area contributed by atoms with E-state index in [0.29, 0.717) is 52.5 Å². The molecule has 2 atom stereocenters. The monoisotopic (exact) mass is 1260 g/mol. The Hall–Kier alpha value is -9.16. The van der Waals surface area contributed by atoms with Crippen LogP contribution in [0.4, 0.5) is 34.9 Å². The Balaban J connectivity index is 0.759. The summed E-state index contributed by atoms with van der Waals surface area (Å²) in [6.45, 7) is 15.8. The van der Waals surface area contributed by atoms with Gasteiger partial charge in [0.15, 0.2) is 28.2 Å². The van der Waals surface area contributed by atoms with E-state index < -0.39 is 30.0 Å². The molecule has 2 unspecified atom stereocenters. The Kier molecular flexibility index (Phi) is 13.7. The standard InChI is InChI=1S/C62H71N21O4Si3/c1-35-24-43-45(65-17-15-63-43)27-41(35)70-58-73-48(32-89(8)21-12-39(13-22-89)83-54-50(87-62(83)86)29-67-57(75-54)72-47-30-80-51(26-37(47)3)68-34-69-80)52-56(77-58)82(61(85)79(52)5)40-14-23-90(9,31-40)33-49-53-55(81(60(84)78(53)4)38-10-19-88(6,7)20-11-38)76-59(74-49)71-42-28-46-44(25-36(42)2)64-16-18-66-46/h15-18,24-30,34,38-40H,10-14,19-23,31-33H2,1-9H3,(H,67,72,75)(H,70,73,77)(H,71,74,76)/q-1. The van der Waals surface area contributed by atoms with Crippen molar-refractivity contribution in [3.05, 3.63) is 133 Å². The van der Waals surface area contributed by atoms with E-state index in [-0.39, 0.29) is 29.5 Å². The predicted molar refractivity (Wildman–Crippen MR) is 355 cm³/mol. The first-order chi connectivity index (χ1) is 43.2. The molecule has 3 aliphatic heterocycles. The van der Waals surface area contributed by atoms with Crippen LogP contribution in [-0.4, -0.2) is 111 Å². The molecule has 90 heavy (non-hydrogen) atoms. The van der Waals surface area contributed by atoms with Crippen molar-refractivity contribution in [1.29, 1.82) is 0 Å². The number of fused-ring (bicyclic) bond motifs is 6. The van der Waals surface area contributed by atoms with Crippen LogP contribution in [-0.2, 0) is 26.2 Å². The third kappa shape index (κ3) is 10.2. The van der Waals surface area contributed by atoms with Gasteiger partial charge in [-0.15, -0.1) is 20.2 Å². The van der Waals surface area contributed by atoms with Crippen molar-refractivity contribution >= 4 is 120 Å². The third-order valence-electron chi connectivity index (χ3n) is 19.9. The molecule has 0 spiro atoms. The molecule has 0 radical (unpaired) electrons. The quantitative estimate of drug-likeness (QED) is 0.0904. The molecule has 0 aliphatic carbocycles. The van der Waals surface area contributed by atoms with Gasteiger partial charge in [0.2, 0.25) is 17.8 Å². The van der Waals surface area contributed by atoms with E-state index in [4.69, 9.17) is 29.3 Å². The maximum atomic E-state index is 15.2. The van der Waals surface area contributed by atoms with Gasteiger partial charge in [-0.25, -0.2) is 38.8 Å². The largest absolute Gasteiger partial charge is 0.421 e. The Bertz CT molecular complexity index is 5090. The lowest BCUT2D eigenvalue weighted by Gasteiger charge is -2.36. The number of nitrogens with zero attached hydrogens (tertiary/aromatic N) is 18. The molecule has 15 rings (SSSR count). The Morgan fingerprint density at radius 2 is 1.10 bits per heavy atom. The second kappa shape index (κ2) is 21.5. The number of oxazole rings is 1. The second-order valence-electron chi connectivity index (χ2n) is 27.1. The van der Waals surface area contributed by atoms with E-state index in [1.807, 2.05) is 80.5 Å². The van der Waals surface area contributed by atoms with Gasteiger partial charge in [0.25, 0.3) is 0 Å². The summed E-state index contributed by atoms with van der Waals surface area (Å²) in [5.41, 5.74) is 14.0. The number of hydrogen-bond acceptors (Lipinski definition) is 19. The summed E-state index contributed by atoms with van der Waals surface area (Å²) in [5, 5.41) is 14.8. The number of nitrogens with one attached hydrogen (secondary N) is 3. The molecule has 0 amide bonds. The average molecular weight is 1260 g/mol. The highest BCUT2D eigenvalue weighted by atomic mass is 28.3. The van der Waals surface area contributed by atoms with E-state index in [9.17, 15) is 9.59 Å². The molecule has 3 saturated heterocycles. The summed E-state index contributed by atoms with van der Waals surface area (Å²) in [6, 6.07) is 16.8. The molecule has 2 aromatic carbocycles. The number of aromatic nitrogens is 18. The summed E-state index contributed by atoms with van der Waals surface area (Å²) < 4.78 is 16.6. The van der Waals surface area contributed by atoms with Crippen LogP contribution < -0.4 is 33.1 Å². The second-order valence-corrected chi connectivity index (χ2v) is 42.3. The van der Waals surface area contributed by atoms with Gasteiger partial charge in [0, 0.05) is 82.2 Å². The van der Waals surface area contributed by atoms with Gasteiger partial charge in [-0.3, -0.25) is 42.8 Å². The number of benzene rings is 2. The first-order valence-electron chi connectivity index (χ1n) is 31.1. The number of anilines is 6. The lowest BCUT2D eigenvalue weighted by Crippen LogP contribution is -2.40. The highest BCUT2D eigenvalue weighted by Crippen LogP contribution is 2.44. The van der Waals surface area contributed by atoms with Gasteiger partial charge < -0.3 is 20.4 Å². The summed E-state index contributed by atoms with van der Waals surface area (Å²) in [4.78, 5) is 96.9. The van der Waals surface area contributed by atoms with Crippen LogP contribution in [0.1, 0.15) is 78.3 Å². The molecule has 13 heterocycles. The van der Waals surface area contributed by atoms with Crippen molar-refractivity contribution in [1.82, 2.24) is 87.3 Å². The van der Waals surface area contributed by atoms with Crippen molar-refractivity contribution in [3.63, 3.8) is 0 Å². The number of aryl methyl sites for hydroxylation is 5. The molecule has 0 bridgehead atoms. The van der Waals surface area contributed by atoms with Crippen LogP contribution >= 0.6 is 0 Å². The zero-order valence-electron chi connectivity index (χ0n) is 52.0. The Morgan fingerprint density at radius 3 is 1.72 bits per heavy atom. The van der Waals surface area contributed by atoms with Crippen LogP contribution in [0.2, 0.25) is 62.5 Å². The molecule has 3 N–H and O–H groups in total. The first-order valence-corrected chi connectivity index (χ1v) is 40.8. The lowest BCUT2D eigenvalue weighted by molar-refractivity contribution is 0.405. The minimum Gasteiger partial charge on any atom is -0.404 e. The third-order valence-corrected chi connectivity index (χ3v) is 31.5. The molecule has 3 fully saturated rings. The smallest absolute Gasteiger partial charge is 0.404 e. The molecule has 3 aliphatic rings. The maximum absolute atomic E-state index is 15.2. The SMILES string of the molecule is Cc1cc2ncnn2cc1Nc1ncc2oc(=O)n(C3CC[Si](C)(Cc4nc(Nc5cc6nccnc6cc5C)nc5c4n(C)c(=O)n5C4CC[Si-](C)(Cc5nc(Nc6cc7nccnc7cc6C)nc6c5n(C)c(=O)n6C5CC[Si](C)(C)CC5)C4)CC3)c2n1. The van der Waals surface area contributed by atoms with Crippen molar-refractivity contribution in [2.45, 2.75) is 146 Å². The van der Waals surface area contributed by atoms with Crippen LogP contribution in [0.25, 0.3) is 61.3 Å². The average Bonchev–Trinajstić information content (AvgIpc) is 1.60.